The Bertz CT molecular complexity index is 478. The molecule has 2 aliphatic heterocycles. The van der Waals surface area contributed by atoms with E-state index in [1.807, 2.05) is 0 Å². The van der Waals surface area contributed by atoms with E-state index < -0.39 is 17.5 Å². The number of fused-ring (bicyclic) bond motifs is 1. The molecule has 2 fully saturated rings. The van der Waals surface area contributed by atoms with Crippen molar-refractivity contribution in [3.05, 3.63) is 29.6 Å². The van der Waals surface area contributed by atoms with Gasteiger partial charge in [-0.05, 0) is 37.9 Å². The Morgan fingerprint density at radius 2 is 1.84 bits per heavy atom. The van der Waals surface area contributed by atoms with Crippen molar-refractivity contribution in [3.63, 3.8) is 0 Å². The number of rotatable bonds is 2. The minimum Gasteiger partial charge on any atom is -0.378 e. The molecular formula is C14H17F3N2. The molecule has 104 valence electrons. The van der Waals surface area contributed by atoms with Crippen molar-refractivity contribution in [3.8, 4) is 0 Å². The summed E-state index contributed by atoms with van der Waals surface area (Å²) in [6.45, 7) is 2.08. The predicted molar refractivity (Wildman–Crippen MR) is 67.6 cm³/mol. The fraction of sp³-hybridized carbons (Fsp3) is 0.571. The highest BCUT2D eigenvalue weighted by Crippen LogP contribution is 2.30. The Morgan fingerprint density at radius 1 is 1.00 bits per heavy atom. The Balaban J connectivity index is 1.77. The van der Waals surface area contributed by atoms with Crippen LogP contribution in [0.1, 0.15) is 25.7 Å². The molecule has 0 aromatic heterocycles. The van der Waals surface area contributed by atoms with Gasteiger partial charge >= 0.3 is 0 Å². The van der Waals surface area contributed by atoms with Gasteiger partial charge in [-0.15, -0.1) is 0 Å². The van der Waals surface area contributed by atoms with Gasteiger partial charge in [0.15, 0.2) is 17.5 Å². The fourth-order valence-electron chi connectivity index (χ4n) is 3.25. The average molecular weight is 270 g/mol. The Hall–Kier alpha value is -1.23. The third kappa shape index (κ3) is 2.31. The molecule has 1 aromatic carbocycles. The van der Waals surface area contributed by atoms with E-state index in [1.54, 1.807) is 0 Å². The molecule has 19 heavy (non-hydrogen) atoms. The van der Waals surface area contributed by atoms with Gasteiger partial charge in [0.25, 0.3) is 0 Å². The average Bonchev–Trinajstić information content (AvgIpc) is 2.83. The van der Waals surface area contributed by atoms with Gasteiger partial charge in [0, 0.05) is 18.6 Å². The summed E-state index contributed by atoms with van der Waals surface area (Å²) in [6, 6.07) is 2.76. The van der Waals surface area contributed by atoms with Crippen molar-refractivity contribution in [1.29, 1.82) is 0 Å². The highest BCUT2D eigenvalue weighted by Gasteiger charge is 2.35. The summed E-state index contributed by atoms with van der Waals surface area (Å²) in [4.78, 5) is 2.40. The van der Waals surface area contributed by atoms with Crippen molar-refractivity contribution in [1.82, 2.24) is 4.90 Å². The van der Waals surface area contributed by atoms with E-state index in [0.717, 1.165) is 32.0 Å². The molecule has 0 amide bonds. The lowest BCUT2D eigenvalue weighted by molar-refractivity contribution is 0.192. The molecule has 3 rings (SSSR count). The van der Waals surface area contributed by atoms with Crippen LogP contribution in [0.15, 0.2) is 12.1 Å². The Morgan fingerprint density at radius 3 is 2.68 bits per heavy atom. The lowest BCUT2D eigenvalue weighted by Crippen LogP contribution is -2.41. The second-order valence-corrected chi connectivity index (χ2v) is 5.36. The topological polar surface area (TPSA) is 15.3 Å². The van der Waals surface area contributed by atoms with Crippen LogP contribution in [-0.2, 0) is 0 Å². The number of anilines is 1. The number of piperidine rings is 1. The largest absolute Gasteiger partial charge is 0.378 e. The molecule has 1 N–H and O–H groups in total. The molecule has 2 saturated heterocycles. The van der Waals surface area contributed by atoms with Crippen molar-refractivity contribution in [2.24, 2.45) is 0 Å². The van der Waals surface area contributed by atoms with Crippen LogP contribution >= 0.6 is 0 Å². The maximum absolute atomic E-state index is 13.6. The highest BCUT2D eigenvalue weighted by atomic mass is 19.2. The lowest BCUT2D eigenvalue weighted by atomic mass is 9.99. The molecule has 1 aromatic rings. The van der Waals surface area contributed by atoms with E-state index in [2.05, 4.69) is 10.2 Å². The molecule has 2 atom stereocenters. The quantitative estimate of drug-likeness (QED) is 0.831. The first-order valence-corrected chi connectivity index (χ1v) is 6.81. The van der Waals surface area contributed by atoms with Gasteiger partial charge in [0.05, 0.1) is 5.69 Å². The summed E-state index contributed by atoms with van der Waals surface area (Å²) in [5.41, 5.74) is 0.0660. The molecule has 5 heteroatoms. The molecule has 0 bridgehead atoms. The number of hydrogen-bond acceptors (Lipinski definition) is 2. The van der Waals surface area contributed by atoms with E-state index >= 15 is 0 Å². The van der Waals surface area contributed by atoms with Crippen LogP contribution < -0.4 is 5.32 Å². The van der Waals surface area contributed by atoms with E-state index in [9.17, 15) is 13.2 Å². The lowest BCUT2D eigenvalue weighted by Gasteiger charge is -2.33. The zero-order chi connectivity index (χ0) is 13.4. The molecule has 2 heterocycles. The van der Waals surface area contributed by atoms with Gasteiger partial charge < -0.3 is 5.32 Å². The summed E-state index contributed by atoms with van der Waals surface area (Å²) in [6.07, 6.45) is 4.40. The smallest absolute Gasteiger partial charge is 0.196 e. The maximum atomic E-state index is 13.6. The van der Waals surface area contributed by atoms with Crippen LogP contribution in [0, 0.1) is 17.5 Å². The zero-order valence-electron chi connectivity index (χ0n) is 10.6. The van der Waals surface area contributed by atoms with Crippen LogP contribution in [0.5, 0.6) is 0 Å². The van der Waals surface area contributed by atoms with E-state index in [1.165, 1.54) is 18.9 Å². The van der Waals surface area contributed by atoms with Crippen molar-refractivity contribution >= 4 is 5.69 Å². The van der Waals surface area contributed by atoms with Crippen LogP contribution in [0.4, 0.5) is 18.9 Å². The van der Waals surface area contributed by atoms with E-state index in [-0.39, 0.29) is 11.7 Å². The molecule has 2 unspecified atom stereocenters. The summed E-state index contributed by atoms with van der Waals surface area (Å²) in [5.74, 6) is -3.66. The molecule has 0 radical (unpaired) electrons. The van der Waals surface area contributed by atoms with Gasteiger partial charge in [0.1, 0.15) is 0 Å². The molecule has 2 nitrogen and oxygen atoms in total. The normalized spacial score (nSPS) is 27.3. The van der Waals surface area contributed by atoms with E-state index in [4.69, 9.17) is 0 Å². The first-order valence-electron chi connectivity index (χ1n) is 6.81. The zero-order valence-corrected chi connectivity index (χ0v) is 10.6. The monoisotopic (exact) mass is 270 g/mol. The molecule has 2 aliphatic rings. The third-order valence-electron chi connectivity index (χ3n) is 4.23. The molecule has 0 spiro atoms. The predicted octanol–water partition coefficient (Wildman–Crippen LogP) is 3.14. The van der Waals surface area contributed by atoms with Crippen LogP contribution in [0.3, 0.4) is 0 Å². The number of hydrogen-bond donors (Lipinski definition) is 1. The molecular weight excluding hydrogens is 253 g/mol. The van der Waals surface area contributed by atoms with Gasteiger partial charge in [-0.1, -0.05) is 6.42 Å². The van der Waals surface area contributed by atoms with Gasteiger partial charge in [0.2, 0.25) is 0 Å². The van der Waals surface area contributed by atoms with Gasteiger partial charge in [-0.25, -0.2) is 13.2 Å². The minimum atomic E-state index is -1.40. The van der Waals surface area contributed by atoms with Crippen molar-refractivity contribution in [2.45, 2.75) is 37.8 Å². The summed E-state index contributed by atoms with van der Waals surface area (Å²) >= 11 is 0. The van der Waals surface area contributed by atoms with Gasteiger partial charge in [-0.3, -0.25) is 4.90 Å². The van der Waals surface area contributed by atoms with E-state index in [0.29, 0.717) is 6.04 Å². The molecule has 0 aliphatic carbocycles. The van der Waals surface area contributed by atoms with Crippen LogP contribution in [-0.4, -0.2) is 30.1 Å². The highest BCUT2D eigenvalue weighted by molar-refractivity contribution is 5.46. The van der Waals surface area contributed by atoms with Crippen molar-refractivity contribution in [2.75, 3.05) is 18.4 Å². The standard InChI is InChI=1S/C14H17F3N2/c15-9-4-5-11(14(17)13(9)16)18-10-6-8-19-7-2-1-3-12(10)19/h4-5,10,12,18H,1-3,6-8H2. The van der Waals surface area contributed by atoms with Crippen molar-refractivity contribution < 1.29 is 13.2 Å². The second kappa shape index (κ2) is 5.04. The van der Waals surface area contributed by atoms with Crippen LogP contribution in [0.25, 0.3) is 0 Å². The number of nitrogens with one attached hydrogen (secondary N) is 1. The first kappa shape index (κ1) is 12.8. The van der Waals surface area contributed by atoms with Crippen LogP contribution in [0.2, 0.25) is 0 Å². The SMILES string of the molecule is Fc1ccc(NC2CCN3CCCCC23)c(F)c1F. The maximum Gasteiger partial charge on any atom is 0.196 e. The number of nitrogens with zero attached hydrogens (tertiary/aromatic N) is 1. The number of halogens is 3. The Labute approximate surface area is 110 Å². The summed E-state index contributed by atoms with van der Waals surface area (Å²) in [5, 5.41) is 3.05. The minimum absolute atomic E-state index is 0.0660. The summed E-state index contributed by atoms with van der Waals surface area (Å²) < 4.78 is 39.7. The summed E-state index contributed by atoms with van der Waals surface area (Å²) in [7, 11) is 0. The first-order chi connectivity index (χ1) is 9.16. The second-order valence-electron chi connectivity index (χ2n) is 5.36. The fourth-order valence-corrected chi connectivity index (χ4v) is 3.25. The number of benzene rings is 1. The van der Waals surface area contributed by atoms with Gasteiger partial charge in [-0.2, -0.15) is 0 Å². The third-order valence-corrected chi connectivity index (χ3v) is 4.23. The Kier molecular flexibility index (Phi) is 3.39. The molecule has 0 saturated carbocycles.